The molecule has 0 saturated heterocycles. The maximum atomic E-state index is 12.8. The topological polar surface area (TPSA) is 80.5 Å². The zero-order valence-electron chi connectivity index (χ0n) is 12.9. The molecule has 0 heterocycles. The van der Waals surface area contributed by atoms with Gasteiger partial charge in [-0.2, -0.15) is 13.2 Å². The summed E-state index contributed by atoms with van der Waals surface area (Å²) in [6, 6.07) is 8.33. The zero-order valence-corrected chi connectivity index (χ0v) is 13.7. The van der Waals surface area contributed by atoms with Crippen LogP contribution in [0.3, 0.4) is 0 Å². The predicted octanol–water partition coefficient (Wildman–Crippen LogP) is 3.83. The number of halogens is 3. The van der Waals surface area contributed by atoms with Gasteiger partial charge < -0.3 is 0 Å². The van der Waals surface area contributed by atoms with Crippen molar-refractivity contribution in [3.05, 3.63) is 64.2 Å². The van der Waals surface area contributed by atoms with Crippen molar-refractivity contribution in [2.75, 3.05) is 10.8 Å². The van der Waals surface area contributed by atoms with Gasteiger partial charge in [0.05, 0.1) is 16.2 Å². The van der Waals surface area contributed by atoms with Crippen LogP contribution in [0.5, 0.6) is 0 Å². The summed E-state index contributed by atoms with van der Waals surface area (Å²) in [5.41, 5.74) is -1.54. The van der Waals surface area contributed by atoms with E-state index in [1.807, 2.05) is 0 Å². The molecule has 0 saturated carbocycles. The van der Waals surface area contributed by atoms with E-state index in [2.05, 4.69) is 0 Å². The minimum absolute atomic E-state index is 0.0198. The lowest BCUT2D eigenvalue weighted by Crippen LogP contribution is -2.31. The summed E-state index contributed by atoms with van der Waals surface area (Å²) in [7, 11) is -4.32. The number of nitro benzene ring substituents is 1. The maximum absolute atomic E-state index is 12.8. The Hall–Kier alpha value is -2.62. The van der Waals surface area contributed by atoms with E-state index in [4.69, 9.17) is 0 Å². The van der Waals surface area contributed by atoms with Crippen LogP contribution in [-0.2, 0) is 16.2 Å². The van der Waals surface area contributed by atoms with Gasteiger partial charge in [-0.15, -0.1) is 0 Å². The van der Waals surface area contributed by atoms with E-state index >= 15 is 0 Å². The fraction of sp³-hybridized carbons (Fsp3) is 0.200. The van der Waals surface area contributed by atoms with Crippen LogP contribution in [0.4, 0.5) is 24.5 Å². The van der Waals surface area contributed by atoms with Crippen molar-refractivity contribution in [3.63, 3.8) is 0 Å². The van der Waals surface area contributed by atoms with Crippen molar-refractivity contribution in [1.29, 1.82) is 0 Å². The van der Waals surface area contributed by atoms with E-state index in [1.165, 1.54) is 19.1 Å². The monoisotopic (exact) mass is 374 g/mol. The fourth-order valence-corrected chi connectivity index (χ4v) is 3.89. The molecule has 25 heavy (non-hydrogen) atoms. The van der Waals surface area contributed by atoms with Crippen LogP contribution in [-0.4, -0.2) is 19.9 Å². The highest BCUT2D eigenvalue weighted by Crippen LogP contribution is 2.33. The van der Waals surface area contributed by atoms with Gasteiger partial charge in [-0.25, -0.2) is 8.42 Å². The lowest BCUT2D eigenvalue weighted by atomic mass is 10.2. The Kier molecular flexibility index (Phi) is 5.02. The Labute approximate surface area is 141 Å². The van der Waals surface area contributed by atoms with Gasteiger partial charge in [-0.05, 0) is 37.3 Å². The summed E-state index contributed by atoms with van der Waals surface area (Å²) in [5, 5.41) is 11.1. The molecule has 134 valence electrons. The van der Waals surface area contributed by atoms with E-state index in [0.29, 0.717) is 0 Å². The largest absolute Gasteiger partial charge is 0.416 e. The Bertz CT molecular complexity index is 880. The first-order valence-electron chi connectivity index (χ1n) is 7.02. The normalized spacial score (nSPS) is 12.0. The van der Waals surface area contributed by atoms with Crippen molar-refractivity contribution >= 4 is 21.4 Å². The molecule has 6 nitrogen and oxygen atoms in total. The van der Waals surface area contributed by atoms with E-state index in [0.717, 1.165) is 40.7 Å². The lowest BCUT2D eigenvalue weighted by molar-refractivity contribution is -0.387. The van der Waals surface area contributed by atoms with Crippen molar-refractivity contribution in [3.8, 4) is 0 Å². The van der Waals surface area contributed by atoms with E-state index in [1.54, 1.807) is 0 Å². The Balaban J connectivity index is 2.52. The fourth-order valence-electron chi connectivity index (χ4n) is 2.25. The summed E-state index contributed by atoms with van der Waals surface area (Å²) in [5.74, 6) is 0. The second-order valence-electron chi connectivity index (χ2n) is 4.94. The first-order chi connectivity index (χ1) is 11.6. The van der Waals surface area contributed by atoms with Gasteiger partial charge in [0.25, 0.3) is 15.7 Å². The summed E-state index contributed by atoms with van der Waals surface area (Å²) in [4.78, 5) is 9.72. The highest BCUT2D eigenvalue weighted by atomic mass is 32.2. The molecule has 2 aromatic carbocycles. The smallest absolute Gasteiger partial charge is 0.266 e. The maximum Gasteiger partial charge on any atom is 0.416 e. The van der Waals surface area contributed by atoms with Crippen LogP contribution < -0.4 is 4.31 Å². The second kappa shape index (κ2) is 6.71. The molecule has 0 amide bonds. The molecule has 2 rings (SSSR count). The van der Waals surface area contributed by atoms with Crippen molar-refractivity contribution in [2.24, 2.45) is 0 Å². The number of anilines is 1. The third-order valence-corrected chi connectivity index (χ3v) is 5.35. The average Bonchev–Trinajstić information content (AvgIpc) is 2.55. The number of alkyl halides is 3. The van der Waals surface area contributed by atoms with Crippen molar-refractivity contribution in [1.82, 2.24) is 0 Å². The van der Waals surface area contributed by atoms with Crippen molar-refractivity contribution in [2.45, 2.75) is 18.0 Å². The minimum Gasteiger partial charge on any atom is -0.266 e. The zero-order chi connectivity index (χ0) is 18.8. The number of nitrogens with zero attached hydrogens (tertiary/aromatic N) is 2. The first-order valence-corrected chi connectivity index (χ1v) is 8.46. The standard InChI is InChI=1S/C15H13F3N2O4S/c1-2-19(12-9-7-11(8-10-12)15(16,17)18)25(23,24)14-6-4-3-5-13(14)20(21)22/h3-10H,2H2,1H3. The number of para-hydroxylation sites is 1. The van der Waals surface area contributed by atoms with E-state index in [9.17, 15) is 31.7 Å². The first kappa shape index (κ1) is 18.7. The van der Waals surface area contributed by atoms with Gasteiger partial charge in [0, 0.05) is 12.6 Å². The van der Waals surface area contributed by atoms with Gasteiger partial charge in [-0.3, -0.25) is 14.4 Å². The molecule has 0 aromatic heterocycles. The van der Waals surface area contributed by atoms with Gasteiger partial charge >= 0.3 is 6.18 Å². The molecular formula is C15H13F3N2O4S. The van der Waals surface area contributed by atoms with Crippen molar-refractivity contribution < 1.29 is 26.5 Å². The lowest BCUT2D eigenvalue weighted by Gasteiger charge is -2.23. The third-order valence-electron chi connectivity index (χ3n) is 3.40. The molecule has 0 unspecified atom stereocenters. The van der Waals surface area contributed by atoms with Crippen LogP contribution in [0.2, 0.25) is 0 Å². The van der Waals surface area contributed by atoms with Crippen LogP contribution in [0.15, 0.2) is 53.4 Å². The number of hydrogen-bond acceptors (Lipinski definition) is 4. The van der Waals surface area contributed by atoms with E-state index < -0.39 is 37.3 Å². The molecular weight excluding hydrogens is 361 g/mol. The van der Waals surface area contributed by atoms with Gasteiger partial charge in [-0.1, -0.05) is 12.1 Å². The van der Waals surface area contributed by atoms with E-state index in [-0.39, 0.29) is 12.2 Å². The Morgan fingerprint density at radius 3 is 2.12 bits per heavy atom. The Morgan fingerprint density at radius 1 is 1.08 bits per heavy atom. The van der Waals surface area contributed by atoms with Crippen LogP contribution in [0.25, 0.3) is 0 Å². The summed E-state index contributed by atoms with van der Waals surface area (Å²) in [6.45, 7) is 1.36. The second-order valence-corrected chi connectivity index (χ2v) is 6.77. The molecule has 0 aliphatic carbocycles. The molecule has 0 atom stereocenters. The highest BCUT2D eigenvalue weighted by Gasteiger charge is 2.33. The molecule has 0 bridgehead atoms. The van der Waals surface area contributed by atoms with Gasteiger partial charge in [0.15, 0.2) is 4.90 Å². The highest BCUT2D eigenvalue weighted by molar-refractivity contribution is 7.93. The molecule has 10 heteroatoms. The number of nitro groups is 1. The van der Waals surface area contributed by atoms with Gasteiger partial charge in [0.2, 0.25) is 0 Å². The molecule has 0 aliphatic heterocycles. The van der Waals surface area contributed by atoms with Crippen LogP contribution in [0, 0.1) is 10.1 Å². The minimum atomic E-state index is -4.55. The molecule has 0 radical (unpaired) electrons. The quantitative estimate of drug-likeness (QED) is 0.588. The number of sulfonamides is 1. The molecule has 0 spiro atoms. The summed E-state index contributed by atoms with van der Waals surface area (Å²) < 4.78 is 64.3. The summed E-state index contributed by atoms with van der Waals surface area (Å²) in [6.07, 6.45) is -4.55. The number of rotatable bonds is 5. The SMILES string of the molecule is CCN(c1ccc(C(F)(F)F)cc1)S(=O)(=O)c1ccccc1[N+](=O)[O-]. The third kappa shape index (κ3) is 3.73. The molecule has 0 aliphatic rings. The predicted molar refractivity (Wildman–Crippen MR) is 84.7 cm³/mol. The Morgan fingerprint density at radius 2 is 1.64 bits per heavy atom. The molecule has 0 fully saturated rings. The van der Waals surface area contributed by atoms with Gasteiger partial charge in [0.1, 0.15) is 0 Å². The molecule has 0 N–H and O–H groups in total. The summed E-state index contributed by atoms with van der Waals surface area (Å²) >= 11 is 0. The number of hydrogen-bond donors (Lipinski definition) is 0. The molecule has 2 aromatic rings. The average molecular weight is 374 g/mol. The van der Waals surface area contributed by atoms with Crippen LogP contribution >= 0.6 is 0 Å². The van der Waals surface area contributed by atoms with Crippen LogP contribution in [0.1, 0.15) is 12.5 Å². The number of benzene rings is 2.